The average Bonchev–Trinajstić information content (AvgIpc) is 2.69. The third-order valence-electron chi connectivity index (χ3n) is 5.18. The van der Waals surface area contributed by atoms with Gasteiger partial charge >= 0.3 is 0 Å². The van der Waals surface area contributed by atoms with E-state index in [1.54, 1.807) is 11.8 Å². The number of nitrogens with zero attached hydrogens (tertiary/aromatic N) is 1. The van der Waals surface area contributed by atoms with Gasteiger partial charge in [0.05, 0.1) is 18.8 Å². The van der Waals surface area contributed by atoms with Crippen molar-refractivity contribution in [2.45, 2.75) is 63.3 Å². The summed E-state index contributed by atoms with van der Waals surface area (Å²) in [6, 6.07) is 7.82. The summed E-state index contributed by atoms with van der Waals surface area (Å²) in [5.74, 6) is 1.31. The van der Waals surface area contributed by atoms with E-state index in [0.29, 0.717) is 31.8 Å². The molecule has 0 amide bonds. The fourth-order valence-corrected chi connectivity index (χ4v) is 4.20. The summed E-state index contributed by atoms with van der Waals surface area (Å²) >= 11 is 1.68. The number of ketones is 2. The molecule has 150 valence electrons. The SMILES string of the molecule is CCCCCC(=O)CCSc1ccc(C(=O)C(C)(C)N2CCOCC2)cc1. The molecule has 1 saturated heterocycles. The first-order valence-electron chi connectivity index (χ1n) is 10.1. The van der Waals surface area contributed by atoms with Crippen LogP contribution in [0.4, 0.5) is 0 Å². The number of unbranched alkanes of at least 4 members (excludes halogenated alkanes) is 2. The number of morpholine rings is 1. The number of ether oxygens (including phenoxy) is 1. The standard InChI is InChI=1S/C22H33NO3S/c1-4-5-6-7-19(24)12-17-27-20-10-8-18(9-11-20)21(25)22(2,3)23-13-15-26-16-14-23/h8-11H,4-7,12-17H2,1-3H3. The maximum absolute atomic E-state index is 13.0. The Kier molecular flexibility index (Phi) is 9.00. The number of carbonyl (C=O) groups is 2. The first-order valence-corrected chi connectivity index (χ1v) is 11.1. The lowest BCUT2D eigenvalue weighted by Crippen LogP contribution is -2.54. The van der Waals surface area contributed by atoms with Crippen molar-refractivity contribution in [2.75, 3.05) is 32.1 Å². The zero-order chi connectivity index (χ0) is 19.7. The topological polar surface area (TPSA) is 46.6 Å². The second-order valence-corrected chi connectivity index (χ2v) is 8.77. The average molecular weight is 392 g/mol. The van der Waals surface area contributed by atoms with Crippen LogP contribution in [0, 0.1) is 0 Å². The van der Waals surface area contributed by atoms with Crippen molar-refractivity contribution in [3.05, 3.63) is 29.8 Å². The molecule has 0 bridgehead atoms. The highest BCUT2D eigenvalue weighted by atomic mass is 32.2. The van der Waals surface area contributed by atoms with Crippen molar-refractivity contribution in [1.82, 2.24) is 4.90 Å². The van der Waals surface area contributed by atoms with Crippen LogP contribution in [0.3, 0.4) is 0 Å². The molecule has 1 aliphatic rings. The van der Waals surface area contributed by atoms with Gasteiger partial charge in [-0.1, -0.05) is 31.9 Å². The highest BCUT2D eigenvalue weighted by molar-refractivity contribution is 7.99. The maximum Gasteiger partial charge on any atom is 0.182 e. The van der Waals surface area contributed by atoms with Gasteiger partial charge in [-0.05, 0) is 32.4 Å². The van der Waals surface area contributed by atoms with E-state index in [4.69, 9.17) is 4.74 Å². The highest BCUT2D eigenvalue weighted by Crippen LogP contribution is 2.25. The zero-order valence-electron chi connectivity index (χ0n) is 17.0. The molecule has 0 saturated carbocycles. The first-order chi connectivity index (χ1) is 12.9. The molecule has 1 aliphatic heterocycles. The fourth-order valence-electron chi connectivity index (χ4n) is 3.30. The van der Waals surface area contributed by atoms with Crippen LogP contribution < -0.4 is 0 Å². The van der Waals surface area contributed by atoms with Gasteiger partial charge in [0.15, 0.2) is 5.78 Å². The Morgan fingerprint density at radius 2 is 1.74 bits per heavy atom. The molecule has 27 heavy (non-hydrogen) atoms. The van der Waals surface area contributed by atoms with Gasteiger partial charge in [0, 0.05) is 42.1 Å². The van der Waals surface area contributed by atoms with Gasteiger partial charge in [-0.15, -0.1) is 11.8 Å². The van der Waals surface area contributed by atoms with E-state index in [1.807, 2.05) is 38.1 Å². The molecule has 1 heterocycles. The Hall–Kier alpha value is -1.17. The molecule has 0 aromatic heterocycles. The van der Waals surface area contributed by atoms with Gasteiger partial charge < -0.3 is 4.74 Å². The zero-order valence-corrected chi connectivity index (χ0v) is 17.8. The Balaban J connectivity index is 1.83. The Labute approximate surface area is 168 Å². The van der Waals surface area contributed by atoms with E-state index in [-0.39, 0.29) is 5.78 Å². The molecule has 0 radical (unpaired) electrons. The van der Waals surface area contributed by atoms with E-state index < -0.39 is 5.54 Å². The predicted octanol–water partition coefficient (Wildman–Crippen LogP) is 4.61. The fraction of sp³-hybridized carbons (Fsp3) is 0.636. The smallest absolute Gasteiger partial charge is 0.182 e. The van der Waals surface area contributed by atoms with E-state index in [0.717, 1.165) is 48.6 Å². The minimum atomic E-state index is -0.524. The minimum Gasteiger partial charge on any atom is -0.379 e. The van der Waals surface area contributed by atoms with Crippen molar-refractivity contribution in [3.8, 4) is 0 Å². The molecule has 1 aromatic carbocycles. The van der Waals surface area contributed by atoms with Crippen LogP contribution in [0.1, 0.15) is 63.2 Å². The number of hydrogen-bond donors (Lipinski definition) is 0. The number of hydrogen-bond acceptors (Lipinski definition) is 5. The van der Waals surface area contributed by atoms with Gasteiger partial charge in [0.1, 0.15) is 5.78 Å². The minimum absolute atomic E-state index is 0.145. The Bertz CT molecular complexity index is 606. The lowest BCUT2D eigenvalue weighted by molar-refractivity contribution is -0.118. The van der Waals surface area contributed by atoms with Crippen molar-refractivity contribution < 1.29 is 14.3 Å². The molecule has 4 nitrogen and oxygen atoms in total. The number of benzene rings is 1. The summed E-state index contributed by atoms with van der Waals surface area (Å²) in [5, 5.41) is 0. The van der Waals surface area contributed by atoms with Gasteiger partial charge in [0.2, 0.25) is 0 Å². The lowest BCUT2D eigenvalue weighted by atomic mass is 9.91. The summed E-state index contributed by atoms with van der Waals surface area (Å²) in [4.78, 5) is 28.1. The summed E-state index contributed by atoms with van der Waals surface area (Å²) < 4.78 is 5.40. The summed E-state index contributed by atoms with van der Waals surface area (Å²) in [6.45, 7) is 9.09. The first kappa shape index (κ1) is 22.1. The quantitative estimate of drug-likeness (QED) is 0.313. The second-order valence-electron chi connectivity index (χ2n) is 7.61. The van der Waals surface area contributed by atoms with Crippen LogP contribution in [0.15, 0.2) is 29.2 Å². The Morgan fingerprint density at radius 3 is 2.37 bits per heavy atom. The summed E-state index contributed by atoms with van der Waals surface area (Å²) in [6.07, 6.45) is 4.62. The number of thioether (sulfide) groups is 1. The third-order valence-corrected chi connectivity index (χ3v) is 6.20. The molecule has 0 unspecified atom stereocenters. The highest BCUT2D eigenvalue weighted by Gasteiger charge is 2.35. The van der Waals surface area contributed by atoms with E-state index in [9.17, 15) is 9.59 Å². The third kappa shape index (κ3) is 6.74. The van der Waals surface area contributed by atoms with Crippen LogP contribution in [-0.2, 0) is 9.53 Å². The molecule has 0 spiro atoms. The van der Waals surface area contributed by atoms with Crippen molar-refractivity contribution >= 4 is 23.3 Å². The molecule has 5 heteroatoms. The molecule has 1 aromatic rings. The molecule has 1 fully saturated rings. The van der Waals surface area contributed by atoms with Crippen LogP contribution in [0.5, 0.6) is 0 Å². The number of carbonyl (C=O) groups excluding carboxylic acids is 2. The van der Waals surface area contributed by atoms with Crippen LogP contribution in [-0.4, -0.2) is 54.1 Å². The summed E-state index contributed by atoms with van der Waals surface area (Å²) in [5.41, 5.74) is 0.218. The van der Waals surface area contributed by atoms with Gasteiger partial charge in [-0.3, -0.25) is 14.5 Å². The van der Waals surface area contributed by atoms with Gasteiger partial charge in [-0.2, -0.15) is 0 Å². The molecule has 0 aliphatic carbocycles. The van der Waals surface area contributed by atoms with Crippen LogP contribution in [0.2, 0.25) is 0 Å². The molecule has 2 rings (SSSR count). The van der Waals surface area contributed by atoms with Crippen LogP contribution in [0.25, 0.3) is 0 Å². The lowest BCUT2D eigenvalue weighted by Gasteiger charge is -2.39. The van der Waals surface area contributed by atoms with E-state index in [1.165, 1.54) is 0 Å². The van der Waals surface area contributed by atoms with E-state index >= 15 is 0 Å². The predicted molar refractivity (Wildman–Crippen MR) is 112 cm³/mol. The molecule has 0 N–H and O–H groups in total. The largest absolute Gasteiger partial charge is 0.379 e. The number of rotatable bonds is 11. The second kappa shape index (κ2) is 11.0. The molecular formula is C22H33NO3S. The molecular weight excluding hydrogens is 358 g/mol. The Morgan fingerprint density at radius 1 is 1.07 bits per heavy atom. The van der Waals surface area contributed by atoms with Gasteiger partial charge in [-0.25, -0.2) is 0 Å². The van der Waals surface area contributed by atoms with E-state index in [2.05, 4.69) is 11.8 Å². The maximum atomic E-state index is 13.0. The monoisotopic (exact) mass is 391 g/mol. The molecule has 0 atom stereocenters. The van der Waals surface area contributed by atoms with Crippen LogP contribution >= 0.6 is 11.8 Å². The van der Waals surface area contributed by atoms with Gasteiger partial charge in [0.25, 0.3) is 0 Å². The van der Waals surface area contributed by atoms with Crippen molar-refractivity contribution in [2.24, 2.45) is 0 Å². The summed E-state index contributed by atoms with van der Waals surface area (Å²) in [7, 11) is 0. The normalized spacial score (nSPS) is 15.7. The van der Waals surface area contributed by atoms with Crippen molar-refractivity contribution in [1.29, 1.82) is 0 Å². The van der Waals surface area contributed by atoms with Crippen molar-refractivity contribution in [3.63, 3.8) is 0 Å². The number of Topliss-reactive ketones (excluding diaryl/α,β-unsaturated/α-hetero) is 2.